The van der Waals surface area contributed by atoms with Crippen molar-refractivity contribution in [3.63, 3.8) is 0 Å². The molecule has 1 rings (SSSR count). The summed E-state index contributed by atoms with van der Waals surface area (Å²) in [5, 5.41) is 0.241. The number of carbonyl (C=O) groups excluding carboxylic acids is 6. The SMILES string of the molecule is CC(C)(C)OC(=O)NN(C(=O)OC(C)(C)C)[C@]1(C(=O)OC(C)(C)C)CC(=O)N(C(=O)OC(C)(C)C)C1=O. The van der Waals surface area contributed by atoms with E-state index in [9.17, 15) is 28.8 Å². The fraction of sp³-hybridized carbons (Fsp3) is 0.750. The van der Waals surface area contributed by atoms with E-state index in [0.29, 0.717) is 0 Å². The molecule has 13 heteroatoms. The van der Waals surface area contributed by atoms with Crippen molar-refractivity contribution in [3.8, 4) is 0 Å². The molecule has 0 unspecified atom stereocenters. The van der Waals surface area contributed by atoms with Gasteiger partial charge in [0.25, 0.3) is 11.4 Å². The van der Waals surface area contributed by atoms with E-state index in [-0.39, 0.29) is 9.91 Å². The Balaban J connectivity index is 3.78. The molecule has 1 saturated heterocycles. The molecule has 0 aromatic heterocycles. The number of ether oxygens (including phenoxy) is 4. The maximum atomic E-state index is 13.7. The smallest absolute Gasteiger partial charge is 0.430 e. The Kier molecular flexibility index (Phi) is 8.70. The number of likely N-dealkylation sites (tertiary alicyclic amines) is 1. The molecule has 1 atom stereocenters. The number of amides is 5. The largest absolute Gasteiger partial charge is 0.458 e. The molecule has 37 heavy (non-hydrogen) atoms. The van der Waals surface area contributed by atoms with Gasteiger partial charge in [-0.2, -0.15) is 9.91 Å². The molecule has 1 heterocycles. The molecular formula is C24H39N3O10. The number of rotatable bonds is 2. The molecule has 1 fully saturated rings. The molecule has 1 aliphatic heterocycles. The quantitative estimate of drug-likeness (QED) is 0.185. The van der Waals surface area contributed by atoms with Gasteiger partial charge in [-0.15, -0.1) is 0 Å². The van der Waals surface area contributed by atoms with Crippen LogP contribution in [-0.2, 0) is 33.3 Å². The minimum atomic E-state index is -2.85. The van der Waals surface area contributed by atoms with Crippen molar-refractivity contribution in [2.24, 2.45) is 0 Å². The van der Waals surface area contributed by atoms with Gasteiger partial charge in [-0.05, 0) is 83.1 Å². The second-order valence-corrected chi connectivity index (χ2v) is 12.5. The predicted molar refractivity (Wildman–Crippen MR) is 129 cm³/mol. The van der Waals surface area contributed by atoms with Crippen LogP contribution in [-0.4, -0.2) is 73.9 Å². The van der Waals surface area contributed by atoms with E-state index in [1.807, 2.05) is 5.43 Å². The van der Waals surface area contributed by atoms with Crippen LogP contribution in [0.4, 0.5) is 14.4 Å². The zero-order valence-corrected chi connectivity index (χ0v) is 23.7. The zero-order valence-electron chi connectivity index (χ0n) is 23.7. The molecule has 210 valence electrons. The second kappa shape index (κ2) is 10.2. The highest BCUT2D eigenvalue weighted by molar-refractivity contribution is 6.26. The molecule has 0 aliphatic carbocycles. The summed E-state index contributed by atoms with van der Waals surface area (Å²) in [7, 11) is 0. The van der Waals surface area contributed by atoms with Crippen molar-refractivity contribution >= 4 is 36.1 Å². The van der Waals surface area contributed by atoms with Gasteiger partial charge in [-0.3, -0.25) is 9.59 Å². The van der Waals surface area contributed by atoms with Crippen LogP contribution in [0.15, 0.2) is 0 Å². The summed E-state index contributed by atoms with van der Waals surface area (Å²) in [5.41, 5.74) is -5.29. The summed E-state index contributed by atoms with van der Waals surface area (Å²) < 4.78 is 21.0. The molecule has 0 aromatic rings. The van der Waals surface area contributed by atoms with E-state index in [4.69, 9.17) is 18.9 Å². The molecule has 0 radical (unpaired) electrons. The van der Waals surface area contributed by atoms with Crippen LogP contribution in [0.5, 0.6) is 0 Å². The summed E-state index contributed by atoms with van der Waals surface area (Å²) in [6, 6.07) is 0. The Morgan fingerprint density at radius 2 is 1.16 bits per heavy atom. The Bertz CT molecular complexity index is 963. The molecule has 0 bridgehead atoms. The van der Waals surface area contributed by atoms with Crippen molar-refractivity contribution in [3.05, 3.63) is 0 Å². The van der Waals surface area contributed by atoms with Gasteiger partial charge in [0.15, 0.2) is 0 Å². The van der Waals surface area contributed by atoms with Gasteiger partial charge in [-0.1, -0.05) is 0 Å². The molecule has 0 aromatic carbocycles. The van der Waals surface area contributed by atoms with Crippen LogP contribution in [0.25, 0.3) is 0 Å². The van der Waals surface area contributed by atoms with E-state index in [0.717, 1.165) is 0 Å². The van der Waals surface area contributed by atoms with Crippen molar-refractivity contribution < 1.29 is 47.7 Å². The van der Waals surface area contributed by atoms with Crippen LogP contribution < -0.4 is 5.43 Å². The highest BCUT2D eigenvalue weighted by Crippen LogP contribution is 2.35. The minimum Gasteiger partial charge on any atom is -0.458 e. The van der Waals surface area contributed by atoms with Crippen LogP contribution in [0, 0.1) is 0 Å². The van der Waals surface area contributed by atoms with E-state index < -0.39 is 70.4 Å². The number of carbonyl (C=O) groups is 6. The number of esters is 1. The fourth-order valence-corrected chi connectivity index (χ4v) is 2.95. The van der Waals surface area contributed by atoms with E-state index in [1.54, 1.807) is 20.8 Å². The van der Waals surface area contributed by atoms with Crippen LogP contribution in [0.3, 0.4) is 0 Å². The number of nitrogens with zero attached hydrogens (tertiary/aromatic N) is 2. The average molecular weight is 530 g/mol. The minimum absolute atomic E-state index is 0.101. The Labute approximate surface area is 217 Å². The van der Waals surface area contributed by atoms with E-state index >= 15 is 0 Å². The van der Waals surface area contributed by atoms with Gasteiger partial charge < -0.3 is 18.9 Å². The first-order valence-electron chi connectivity index (χ1n) is 11.7. The lowest BCUT2D eigenvalue weighted by molar-refractivity contribution is -0.174. The standard InChI is InChI=1S/C24H39N3O10/c1-20(2,3)34-16(30)24(13-14(28)26(15(24)29)18(32)36-22(7,8)9)27(19(33)37-23(10,11)12)25-17(31)35-21(4,5)6/h13H2,1-12H3,(H,25,31)/t24-/m1/s1. The lowest BCUT2D eigenvalue weighted by Crippen LogP contribution is -2.69. The number of nitrogens with one attached hydrogen (secondary N) is 1. The van der Waals surface area contributed by atoms with Gasteiger partial charge >= 0.3 is 24.2 Å². The number of imide groups is 3. The monoisotopic (exact) mass is 529 g/mol. The number of hydrogen-bond donors (Lipinski definition) is 1. The summed E-state index contributed by atoms with van der Waals surface area (Å²) in [6.45, 7) is 18.1. The van der Waals surface area contributed by atoms with Gasteiger partial charge in [0.05, 0.1) is 6.42 Å². The number of hydrogen-bond acceptors (Lipinski definition) is 10. The fourth-order valence-electron chi connectivity index (χ4n) is 2.95. The number of hydrazine groups is 1. The molecule has 1 aliphatic rings. The van der Waals surface area contributed by atoms with Crippen LogP contribution in [0.1, 0.15) is 89.5 Å². The zero-order chi connectivity index (χ0) is 29.4. The van der Waals surface area contributed by atoms with Gasteiger partial charge in [0, 0.05) is 0 Å². The summed E-state index contributed by atoms with van der Waals surface area (Å²) in [5.74, 6) is -4.01. The Hall–Kier alpha value is -3.38. The third kappa shape index (κ3) is 8.60. The normalized spacial score (nSPS) is 18.8. The van der Waals surface area contributed by atoms with Crippen molar-refractivity contribution in [1.82, 2.24) is 15.3 Å². The van der Waals surface area contributed by atoms with Gasteiger partial charge in [-0.25, -0.2) is 24.6 Å². The topological polar surface area (TPSA) is 158 Å². The Morgan fingerprint density at radius 3 is 1.57 bits per heavy atom. The summed E-state index contributed by atoms with van der Waals surface area (Å²) >= 11 is 0. The molecule has 13 nitrogen and oxygen atoms in total. The van der Waals surface area contributed by atoms with Gasteiger partial charge in [0.1, 0.15) is 22.4 Å². The lowest BCUT2D eigenvalue weighted by atomic mass is 9.96. The lowest BCUT2D eigenvalue weighted by Gasteiger charge is -2.38. The van der Waals surface area contributed by atoms with Crippen LogP contribution in [0.2, 0.25) is 0 Å². The predicted octanol–water partition coefficient (Wildman–Crippen LogP) is 3.44. The van der Waals surface area contributed by atoms with Gasteiger partial charge in [0.2, 0.25) is 5.91 Å². The van der Waals surface area contributed by atoms with Crippen molar-refractivity contribution in [1.29, 1.82) is 0 Å². The molecule has 5 amide bonds. The molecule has 1 N–H and O–H groups in total. The molecule has 0 saturated carbocycles. The third-order valence-electron chi connectivity index (χ3n) is 4.09. The molecule has 0 spiro atoms. The van der Waals surface area contributed by atoms with Crippen molar-refractivity contribution in [2.45, 2.75) is 117 Å². The average Bonchev–Trinajstić information content (AvgIpc) is 2.85. The summed E-state index contributed by atoms with van der Waals surface area (Å²) in [4.78, 5) is 79.2. The van der Waals surface area contributed by atoms with E-state index in [1.165, 1.54) is 62.3 Å². The third-order valence-corrected chi connectivity index (χ3v) is 4.09. The highest BCUT2D eigenvalue weighted by atomic mass is 16.6. The first kappa shape index (κ1) is 31.6. The first-order valence-corrected chi connectivity index (χ1v) is 11.7. The first-order chi connectivity index (χ1) is 16.3. The highest BCUT2D eigenvalue weighted by Gasteiger charge is 2.67. The van der Waals surface area contributed by atoms with Crippen molar-refractivity contribution in [2.75, 3.05) is 0 Å². The Morgan fingerprint density at radius 1 is 0.730 bits per heavy atom. The maximum absolute atomic E-state index is 13.7. The summed E-state index contributed by atoms with van der Waals surface area (Å²) in [6.07, 6.45) is -5.03. The molecular weight excluding hydrogens is 490 g/mol. The second-order valence-electron chi connectivity index (χ2n) is 12.5. The maximum Gasteiger partial charge on any atom is 0.430 e. The van der Waals surface area contributed by atoms with E-state index in [2.05, 4.69) is 0 Å². The van der Waals surface area contributed by atoms with Crippen LogP contribution >= 0.6 is 0 Å².